The molecular formula is C68H50N2Si2. The van der Waals surface area contributed by atoms with Crippen molar-refractivity contribution in [2.24, 2.45) is 0 Å². The summed E-state index contributed by atoms with van der Waals surface area (Å²) in [6.45, 7) is 4.38. The first-order valence-corrected chi connectivity index (χ1v) is 29.2. The van der Waals surface area contributed by atoms with Crippen LogP contribution in [0.5, 0.6) is 0 Å². The Labute approximate surface area is 422 Å². The number of aryl methyl sites for hydroxylation is 2. The molecule has 0 radical (unpaired) electrons. The summed E-state index contributed by atoms with van der Waals surface area (Å²) in [7, 11) is -5.77. The molecule has 340 valence electrons. The van der Waals surface area contributed by atoms with Crippen molar-refractivity contribution in [2.45, 2.75) is 13.8 Å². The Morgan fingerprint density at radius 2 is 0.583 bits per heavy atom. The van der Waals surface area contributed by atoms with E-state index in [1.165, 1.54) is 107 Å². The molecule has 4 heteroatoms. The van der Waals surface area contributed by atoms with Crippen LogP contribution < -0.4 is 41.5 Å². The molecule has 2 nitrogen and oxygen atoms in total. The maximum absolute atomic E-state index is 2.96. The summed E-state index contributed by atoms with van der Waals surface area (Å²) in [6, 6.07) is 102. The third-order valence-electron chi connectivity index (χ3n) is 15.8. The average molecular weight is 951 g/mol. The molecule has 13 aromatic rings. The molecule has 0 atom stereocenters. The smallest absolute Gasteiger partial charge is 0.179 e. The molecule has 3 heterocycles. The second-order valence-corrected chi connectivity index (χ2v) is 27.2. The van der Waals surface area contributed by atoms with Crippen molar-refractivity contribution in [3.05, 3.63) is 278 Å². The van der Waals surface area contributed by atoms with Crippen LogP contribution in [0.4, 0.5) is 0 Å². The lowest BCUT2D eigenvalue weighted by Gasteiger charge is -2.48. The van der Waals surface area contributed by atoms with Gasteiger partial charge >= 0.3 is 0 Å². The van der Waals surface area contributed by atoms with Gasteiger partial charge in [0.2, 0.25) is 0 Å². The Kier molecular flexibility index (Phi) is 9.72. The Morgan fingerprint density at radius 1 is 0.250 bits per heavy atom. The molecule has 0 saturated carbocycles. The summed E-state index contributed by atoms with van der Waals surface area (Å²) in [5.41, 5.74) is 12.1. The monoisotopic (exact) mass is 950 g/mol. The second kappa shape index (κ2) is 16.5. The molecule has 0 N–H and O–H groups in total. The number of fused-ring (bicyclic) bond motifs is 8. The minimum atomic E-state index is -2.96. The summed E-state index contributed by atoms with van der Waals surface area (Å²) in [4.78, 5) is 0. The molecule has 1 aliphatic rings. The zero-order valence-corrected chi connectivity index (χ0v) is 42.3. The normalized spacial score (nSPS) is 13.6. The largest absolute Gasteiger partial charge is 0.309 e. The van der Waals surface area contributed by atoms with E-state index in [2.05, 4.69) is 290 Å². The van der Waals surface area contributed by atoms with Crippen molar-refractivity contribution in [3.8, 4) is 22.5 Å². The van der Waals surface area contributed by atoms with Crippen LogP contribution in [0.25, 0.3) is 66.1 Å². The Bertz CT molecular complexity index is 4060. The van der Waals surface area contributed by atoms with Crippen LogP contribution in [0.15, 0.2) is 267 Å². The van der Waals surface area contributed by atoms with Crippen molar-refractivity contribution >= 4 is 101 Å². The summed E-state index contributed by atoms with van der Waals surface area (Å²) in [5, 5.41) is 16.6. The maximum Gasteiger partial charge on any atom is 0.179 e. The third-order valence-corrected chi connectivity index (χ3v) is 26.1. The predicted molar refractivity (Wildman–Crippen MR) is 311 cm³/mol. The van der Waals surface area contributed by atoms with E-state index in [0.717, 1.165) is 11.4 Å². The van der Waals surface area contributed by atoms with Crippen LogP contribution >= 0.6 is 0 Å². The molecule has 0 spiro atoms. The van der Waals surface area contributed by atoms with E-state index in [9.17, 15) is 0 Å². The van der Waals surface area contributed by atoms with Crippen LogP contribution in [0.2, 0.25) is 0 Å². The SMILES string of the molecule is Cc1ccc2c(c1)c1cc(C)ccc1n2-c1ccc2c(c1)c1cc(-c3ccccc3)ccc1n2-c1ccc([Si]2(c3ccccc3)c3ccccc3[Si](c3ccccc3)(c3ccccc3)c3ccccc32)cc1. The minimum Gasteiger partial charge on any atom is -0.309 e. The van der Waals surface area contributed by atoms with Crippen LogP contribution in [-0.4, -0.2) is 25.3 Å². The van der Waals surface area contributed by atoms with Crippen LogP contribution in [0.3, 0.4) is 0 Å². The highest BCUT2D eigenvalue weighted by Gasteiger charge is 2.56. The number of aromatic nitrogens is 2. The molecule has 2 aromatic heterocycles. The number of nitrogens with zero attached hydrogens (tertiary/aromatic N) is 2. The third kappa shape index (κ3) is 6.13. The van der Waals surface area contributed by atoms with E-state index in [0.29, 0.717) is 0 Å². The molecule has 1 aliphatic heterocycles. The van der Waals surface area contributed by atoms with Crippen molar-refractivity contribution in [1.82, 2.24) is 9.13 Å². The van der Waals surface area contributed by atoms with E-state index in [-0.39, 0.29) is 0 Å². The van der Waals surface area contributed by atoms with Crippen LogP contribution in [0.1, 0.15) is 11.1 Å². The summed E-state index contributed by atoms with van der Waals surface area (Å²) < 4.78 is 4.95. The molecule has 0 amide bonds. The number of benzene rings is 11. The highest BCUT2D eigenvalue weighted by atomic mass is 28.3. The van der Waals surface area contributed by atoms with Gasteiger partial charge in [0.1, 0.15) is 0 Å². The van der Waals surface area contributed by atoms with Gasteiger partial charge in [-0.05, 0) is 133 Å². The van der Waals surface area contributed by atoms with Crippen molar-refractivity contribution in [1.29, 1.82) is 0 Å². The first kappa shape index (κ1) is 42.3. The second-order valence-electron chi connectivity index (χ2n) is 19.7. The molecule has 0 bridgehead atoms. The van der Waals surface area contributed by atoms with Gasteiger partial charge in [-0.2, -0.15) is 0 Å². The first-order chi connectivity index (χ1) is 35.5. The number of rotatable bonds is 7. The topological polar surface area (TPSA) is 9.86 Å². The standard InChI is InChI=1S/C68H50N2Si2/c1-47-31-39-61-57(43-47)58-44-48(2)32-40-62(58)70(61)52-36-42-64-60(46-52)59-45-50(49-19-7-3-8-20-49)33-41-63(59)69(64)51-34-37-56(38-35-51)72(55-25-13-6-14-26-55)67-29-17-15-27-65(67)71(53-21-9-4-10-22-53,54-23-11-5-12-24-54)66-28-16-18-30-68(66)72/h3-46H,1-2H3. The Hall–Kier alpha value is -8.55. The lowest BCUT2D eigenvalue weighted by atomic mass is 10.0. The average Bonchev–Trinajstić information content (AvgIpc) is 3.94. The van der Waals surface area contributed by atoms with Crippen LogP contribution in [0, 0.1) is 13.8 Å². The van der Waals surface area contributed by atoms with E-state index in [4.69, 9.17) is 0 Å². The van der Waals surface area contributed by atoms with Gasteiger partial charge in [-0.1, -0.05) is 211 Å². The fourth-order valence-corrected chi connectivity index (χ4v) is 24.9. The van der Waals surface area contributed by atoms with Gasteiger partial charge in [0.25, 0.3) is 0 Å². The summed E-state index contributed by atoms with van der Waals surface area (Å²) in [5.74, 6) is 0. The van der Waals surface area contributed by atoms with E-state index < -0.39 is 16.1 Å². The Balaban J connectivity index is 1.01. The number of hydrogen-bond donors (Lipinski definition) is 0. The molecule has 72 heavy (non-hydrogen) atoms. The molecule has 14 rings (SSSR count). The van der Waals surface area contributed by atoms with Gasteiger partial charge < -0.3 is 9.13 Å². The summed E-state index contributed by atoms with van der Waals surface area (Å²) in [6.07, 6.45) is 0. The predicted octanol–water partition coefficient (Wildman–Crippen LogP) is 11.2. The summed E-state index contributed by atoms with van der Waals surface area (Å²) >= 11 is 0. The quantitative estimate of drug-likeness (QED) is 0.141. The van der Waals surface area contributed by atoms with Gasteiger partial charge in [-0.15, -0.1) is 0 Å². The van der Waals surface area contributed by atoms with Crippen molar-refractivity contribution in [3.63, 3.8) is 0 Å². The molecule has 0 saturated heterocycles. The van der Waals surface area contributed by atoms with Gasteiger partial charge in [-0.3, -0.25) is 0 Å². The Morgan fingerprint density at radius 3 is 1.04 bits per heavy atom. The molecule has 0 fully saturated rings. The fourth-order valence-electron chi connectivity index (χ4n) is 12.8. The molecule has 0 unspecified atom stereocenters. The van der Waals surface area contributed by atoms with Crippen molar-refractivity contribution in [2.75, 3.05) is 0 Å². The van der Waals surface area contributed by atoms with Crippen LogP contribution in [-0.2, 0) is 0 Å². The highest BCUT2D eigenvalue weighted by molar-refractivity contribution is 7.32. The van der Waals surface area contributed by atoms with E-state index in [1.54, 1.807) is 0 Å². The lowest BCUT2D eigenvalue weighted by Crippen LogP contribution is -2.93. The minimum absolute atomic E-state index is 1.15. The molecule has 0 aliphatic carbocycles. The number of hydrogen-bond acceptors (Lipinski definition) is 0. The highest BCUT2D eigenvalue weighted by Crippen LogP contribution is 2.39. The molecule has 11 aromatic carbocycles. The zero-order valence-electron chi connectivity index (χ0n) is 40.3. The van der Waals surface area contributed by atoms with Gasteiger partial charge in [0.15, 0.2) is 16.1 Å². The fraction of sp³-hybridized carbons (Fsp3) is 0.0294. The maximum atomic E-state index is 2.49. The molecular weight excluding hydrogens is 901 g/mol. The van der Waals surface area contributed by atoms with Gasteiger partial charge in [0.05, 0.1) is 22.1 Å². The van der Waals surface area contributed by atoms with Gasteiger partial charge in [0, 0.05) is 32.9 Å². The lowest BCUT2D eigenvalue weighted by molar-refractivity contribution is 1.16. The first-order valence-electron chi connectivity index (χ1n) is 25.2. The van der Waals surface area contributed by atoms with Gasteiger partial charge in [-0.25, -0.2) is 0 Å². The van der Waals surface area contributed by atoms with E-state index >= 15 is 0 Å². The van der Waals surface area contributed by atoms with Crippen molar-refractivity contribution < 1.29 is 0 Å². The van der Waals surface area contributed by atoms with E-state index in [1.807, 2.05) is 0 Å². The zero-order chi connectivity index (χ0) is 48.0.